The van der Waals surface area contributed by atoms with E-state index in [0.29, 0.717) is 18.8 Å². The minimum atomic E-state index is -1.25. The fourth-order valence-electron chi connectivity index (χ4n) is 3.97. The minimum Gasteiger partial charge on any atom is -0.445 e. The number of amides is 1. The highest BCUT2D eigenvalue weighted by atomic mass is 19.1. The number of halogens is 1. The zero-order valence-corrected chi connectivity index (χ0v) is 14.8. The second kappa shape index (κ2) is 7.25. The van der Waals surface area contributed by atoms with Crippen molar-refractivity contribution in [3.63, 3.8) is 0 Å². The number of fused-ring (bicyclic) bond motifs is 2. The number of carbonyl (C=O) groups is 1. The molecule has 1 aromatic heterocycles. The molecule has 1 aromatic carbocycles. The molecule has 6 nitrogen and oxygen atoms in total. The first-order chi connectivity index (χ1) is 13.0. The molecule has 2 aliphatic heterocycles. The van der Waals surface area contributed by atoms with Crippen molar-refractivity contribution in [3.05, 3.63) is 65.7 Å². The van der Waals surface area contributed by atoms with Crippen LogP contribution < -0.4 is 0 Å². The minimum absolute atomic E-state index is 0.189. The summed E-state index contributed by atoms with van der Waals surface area (Å²) in [7, 11) is 0. The Morgan fingerprint density at radius 1 is 1.26 bits per heavy atom. The molecule has 0 spiro atoms. The summed E-state index contributed by atoms with van der Waals surface area (Å²) in [5.74, 6) is -0.493. The van der Waals surface area contributed by atoms with Gasteiger partial charge in [-0.15, -0.1) is 0 Å². The van der Waals surface area contributed by atoms with E-state index in [1.54, 1.807) is 4.90 Å². The summed E-state index contributed by atoms with van der Waals surface area (Å²) < 4.78 is 24.6. The van der Waals surface area contributed by atoms with Gasteiger partial charge in [-0.25, -0.2) is 9.18 Å². The summed E-state index contributed by atoms with van der Waals surface area (Å²) in [6.07, 6.45) is 2.65. The highest BCUT2D eigenvalue weighted by Gasteiger charge is 2.49. The molecule has 27 heavy (non-hydrogen) atoms. The molecule has 3 heterocycles. The highest BCUT2D eigenvalue weighted by Crippen LogP contribution is 2.41. The average Bonchev–Trinajstić information content (AvgIpc) is 2.66. The number of benzene rings is 1. The molecule has 2 saturated heterocycles. The Morgan fingerprint density at radius 2 is 1.96 bits per heavy atom. The number of aliphatic hydroxyl groups is 1. The summed E-state index contributed by atoms with van der Waals surface area (Å²) >= 11 is 0. The highest BCUT2D eigenvalue weighted by molar-refractivity contribution is 5.69. The zero-order chi connectivity index (χ0) is 18.9. The number of carbonyl (C=O) groups excluding carboxylic acids is 1. The van der Waals surface area contributed by atoms with Crippen LogP contribution in [0.25, 0.3) is 0 Å². The molecule has 2 bridgehead atoms. The van der Waals surface area contributed by atoms with E-state index in [1.165, 1.54) is 12.3 Å². The van der Waals surface area contributed by atoms with Crippen molar-refractivity contribution < 1.29 is 23.8 Å². The molecule has 0 aliphatic carbocycles. The molecular formula is C20H21FN2O4. The normalized spacial score (nSPS) is 27.3. The number of hydrogen-bond acceptors (Lipinski definition) is 5. The van der Waals surface area contributed by atoms with Gasteiger partial charge in [-0.05, 0) is 11.6 Å². The fourth-order valence-corrected chi connectivity index (χ4v) is 3.97. The molecule has 142 valence electrons. The van der Waals surface area contributed by atoms with Crippen LogP contribution in [0.15, 0.2) is 48.8 Å². The number of rotatable bonds is 3. The molecule has 2 aliphatic rings. The number of nitrogens with zero attached hydrogens (tertiary/aromatic N) is 2. The lowest BCUT2D eigenvalue weighted by atomic mass is 9.77. The second-order valence-electron chi connectivity index (χ2n) is 7.12. The molecule has 2 aromatic rings. The van der Waals surface area contributed by atoms with Gasteiger partial charge in [-0.2, -0.15) is 0 Å². The van der Waals surface area contributed by atoms with Crippen molar-refractivity contribution in [2.24, 2.45) is 0 Å². The second-order valence-corrected chi connectivity index (χ2v) is 7.12. The van der Waals surface area contributed by atoms with Crippen LogP contribution in [0.3, 0.4) is 0 Å². The van der Waals surface area contributed by atoms with Crippen molar-refractivity contribution >= 4 is 6.09 Å². The van der Waals surface area contributed by atoms with Crippen molar-refractivity contribution in [1.82, 2.24) is 9.88 Å². The van der Waals surface area contributed by atoms with Crippen LogP contribution in [0.4, 0.5) is 9.18 Å². The molecule has 2 fully saturated rings. The SMILES string of the molecule is O=C(OCc1ccccc1)N1C2COCC1CC(O)(c1cncc(F)c1)C2. The number of pyridine rings is 1. The Morgan fingerprint density at radius 3 is 2.63 bits per heavy atom. The number of ether oxygens (including phenoxy) is 2. The van der Waals surface area contributed by atoms with E-state index < -0.39 is 17.5 Å². The van der Waals surface area contributed by atoms with E-state index in [-0.39, 0.29) is 31.5 Å². The summed E-state index contributed by atoms with van der Waals surface area (Å²) in [6.45, 7) is 0.804. The molecule has 1 N–H and O–H groups in total. The van der Waals surface area contributed by atoms with Gasteiger partial charge in [-0.3, -0.25) is 9.88 Å². The first-order valence-corrected chi connectivity index (χ1v) is 8.95. The third-order valence-corrected chi connectivity index (χ3v) is 5.21. The molecule has 2 atom stereocenters. The van der Waals surface area contributed by atoms with Crippen molar-refractivity contribution in [3.8, 4) is 0 Å². The Hall–Kier alpha value is -2.51. The van der Waals surface area contributed by atoms with Crippen molar-refractivity contribution in [2.45, 2.75) is 37.1 Å². The zero-order valence-electron chi connectivity index (χ0n) is 14.8. The molecule has 1 amide bonds. The number of hydrogen-bond donors (Lipinski definition) is 1. The Kier molecular flexibility index (Phi) is 4.80. The monoisotopic (exact) mass is 372 g/mol. The van der Waals surface area contributed by atoms with E-state index in [4.69, 9.17) is 9.47 Å². The van der Waals surface area contributed by atoms with E-state index >= 15 is 0 Å². The van der Waals surface area contributed by atoms with Gasteiger partial charge in [0.25, 0.3) is 0 Å². The lowest BCUT2D eigenvalue weighted by Gasteiger charge is -2.50. The third kappa shape index (κ3) is 3.65. The van der Waals surface area contributed by atoms with Gasteiger partial charge < -0.3 is 14.6 Å². The molecule has 4 rings (SSSR count). The number of morpholine rings is 1. The maximum absolute atomic E-state index is 13.6. The van der Waals surface area contributed by atoms with Gasteiger partial charge in [0.15, 0.2) is 0 Å². The first kappa shape index (κ1) is 17.9. The first-order valence-electron chi connectivity index (χ1n) is 8.95. The van der Waals surface area contributed by atoms with Gasteiger partial charge in [0.05, 0.1) is 37.1 Å². The summed E-state index contributed by atoms with van der Waals surface area (Å²) in [4.78, 5) is 18.2. The van der Waals surface area contributed by atoms with Gasteiger partial charge >= 0.3 is 6.09 Å². The maximum atomic E-state index is 13.6. The summed E-state index contributed by atoms with van der Waals surface area (Å²) in [5.41, 5.74) is 0.0908. The Bertz CT molecular complexity index is 803. The molecule has 2 unspecified atom stereocenters. The van der Waals surface area contributed by atoms with Crippen molar-refractivity contribution in [1.29, 1.82) is 0 Å². The van der Waals surface area contributed by atoms with Crippen LogP contribution in [0.5, 0.6) is 0 Å². The van der Waals surface area contributed by atoms with E-state index in [2.05, 4.69) is 4.98 Å². The van der Waals surface area contributed by atoms with E-state index in [0.717, 1.165) is 11.8 Å². The maximum Gasteiger partial charge on any atom is 0.410 e. The van der Waals surface area contributed by atoms with Crippen LogP contribution >= 0.6 is 0 Å². The van der Waals surface area contributed by atoms with Crippen LogP contribution in [0, 0.1) is 5.82 Å². The predicted molar refractivity (Wildman–Crippen MR) is 94.2 cm³/mol. The largest absolute Gasteiger partial charge is 0.445 e. The predicted octanol–water partition coefficient (Wildman–Crippen LogP) is 2.61. The van der Waals surface area contributed by atoms with Gasteiger partial charge in [0.2, 0.25) is 0 Å². The van der Waals surface area contributed by atoms with Crippen LogP contribution in [-0.2, 0) is 21.7 Å². The van der Waals surface area contributed by atoms with E-state index in [1.807, 2.05) is 30.3 Å². The number of piperidine rings is 1. The van der Waals surface area contributed by atoms with E-state index in [9.17, 15) is 14.3 Å². The molecular weight excluding hydrogens is 351 g/mol. The molecule has 0 radical (unpaired) electrons. The molecule has 7 heteroatoms. The van der Waals surface area contributed by atoms with Crippen LogP contribution in [-0.4, -0.2) is 46.4 Å². The quantitative estimate of drug-likeness (QED) is 0.897. The van der Waals surface area contributed by atoms with Crippen molar-refractivity contribution in [2.75, 3.05) is 13.2 Å². The van der Waals surface area contributed by atoms with Crippen LogP contribution in [0.2, 0.25) is 0 Å². The topological polar surface area (TPSA) is 71.9 Å². The Balaban J connectivity index is 1.49. The average molecular weight is 372 g/mol. The Labute approximate surface area is 156 Å². The molecule has 0 saturated carbocycles. The standard InChI is InChI=1S/C20H21FN2O4/c21-16-6-15(9-22-10-16)20(25)7-17-12-26-13-18(8-20)23(17)19(24)27-11-14-4-2-1-3-5-14/h1-6,9-10,17-18,25H,7-8,11-13H2. The smallest absolute Gasteiger partial charge is 0.410 e. The lowest BCUT2D eigenvalue weighted by molar-refractivity contribution is -0.137. The van der Waals surface area contributed by atoms with Crippen LogP contribution in [0.1, 0.15) is 24.0 Å². The van der Waals surface area contributed by atoms with Gasteiger partial charge in [-0.1, -0.05) is 30.3 Å². The fraction of sp³-hybridized carbons (Fsp3) is 0.400. The van der Waals surface area contributed by atoms with Gasteiger partial charge in [0, 0.05) is 24.6 Å². The summed E-state index contributed by atoms with van der Waals surface area (Å²) in [6, 6.07) is 10.1. The lowest BCUT2D eigenvalue weighted by Crippen LogP contribution is -2.62. The third-order valence-electron chi connectivity index (χ3n) is 5.21. The summed E-state index contributed by atoms with van der Waals surface area (Å²) in [5, 5.41) is 11.1. The number of aromatic nitrogens is 1. The van der Waals surface area contributed by atoms with Gasteiger partial charge in [0.1, 0.15) is 12.4 Å².